The number of phenolic OH excluding ortho intramolecular Hbond substituents is 1. The second-order valence-electron chi connectivity index (χ2n) is 8.39. The number of hydrazone groups is 1. The minimum absolute atomic E-state index is 0.0887. The van der Waals surface area contributed by atoms with Crippen molar-refractivity contribution in [1.29, 1.82) is 0 Å². The highest BCUT2D eigenvalue weighted by atomic mass is 32.2. The number of hydrogen-bond acceptors (Lipinski definition) is 5. The molecule has 0 aliphatic rings. The molecule has 38 heavy (non-hydrogen) atoms. The van der Waals surface area contributed by atoms with Gasteiger partial charge in [-0.2, -0.15) is 18.3 Å². The van der Waals surface area contributed by atoms with Crippen LogP contribution in [-0.2, 0) is 21.0 Å². The number of fused-ring (bicyclic) bond motifs is 1. The van der Waals surface area contributed by atoms with E-state index in [1.54, 1.807) is 25.1 Å². The molecule has 0 saturated carbocycles. The zero-order chi connectivity index (χ0) is 27.5. The fourth-order valence-corrected chi connectivity index (χ4v) is 5.16. The third-order valence-corrected chi connectivity index (χ3v) is 7.48. The molecule has 0 aliphatic carbocycles. The summed E-state index contributed by atoms with van der Waals surface area (Å²) in [5, 5.41) is 15.5. The Labute approximate surface area is 216 Å². The average molecular weight is 542 g/mol. The first kappa shape index (κ1) is 26.7. The van der Waals surface area contributed by atoms with Crippen LogP contribution in [0.2, 0.25) is 0 Å². The van der Waals surface area contributed by atoms with Crippen LogP contribution >= 0.6 is 0 Å². The highest BCUT2D eigenvalue weighted by Crippen LogP contribution is 2.33. The van der Waals surface area contributed by atoms with Crippen molar-refractivity contribution < 1.29 is 31.5 Å². The summed E-state index contributed by atoms with van der Waals surface area (Å²) >= 11 is 0. The standard InChI is InChI=1S/C27H22F3N3O4S/c1-18-9-12-22(13-10-18)38(36,37)33(21-7-4-6-20(15-21)27(28,29)30)17-26(35)32-31-16-24-23-8-3-2-5-19(23)11-14-25(24)34/h2-16,34H,17H2,1H3,(H,32,35)/b31-16-. The molecule has 4 aromatic rings. The van der Waals surface area contributed by atoms with Crippen LogP contribution in [0.3, 0.4) is 0 Å². The van der Waals surface area contributed by atoms with Crippen LogP contribution in [-0.4, -0.2) is 32.2 Å². The van der Waals surface area contributed by atoms with Gasteiger partial charge >= 0.3 is 6.18 Å². The topological polar surface area (TPSA) is 99.1 Å². The minimum atomic E-state index is -4.72. The van der Waals surface area contributed by atoms with Crippen LogP contribution in [0.15, 0.2) is 94.9 Å². The Balaban J connectivity index is 1.64. The first-order valence-electron chi connectivity index (χ1n) is 11.3. The van der Waals surface area contributed by atoms with Crippen molar-refractivity contribution in [3.63, 3.8) is 0 Å². The van der Waals surface area contributed by atoms with Crippen molar-refractivity contribution in [1.82, 2.24) is 5.43 Å². The number of anilines is 1. The molecule has 2 N–H and O–H groups in total. The van der Waals surface area contributed by atoms with Crippen LogP contribution in [0, 0.1) is 6.92 Å². The highest BCUT2D eigenvalue weighted by Gasteiger charge is 2.33. The van der Waals surface area contributed by atoms with E-state index in [0.29, 0.717) is 21.3 Å². The molecular formula is C27H22F3N3O4S. The van der Waals surface area contributed by atoms with E-state index in [1.807, 2.05) is 12.1 Å². The molecule has 4 rings (SSSR count). The van der Waals surface area contributed by atoms with E-state index in [-0.39, 0.29) is 16.3 Å². The number of halogens is 3. The van der Waals surface area contributed by atoms with Crippen molar-refractivity contribution in [2.24, 2.45) is 5.10 Å². The molecular weight excluding hydrogens is 519 g/mol. The fraction of sp³-hybridized carbons (Fsp3) is 0.111. The molecule has 7 nitrogen and oxygen atoms in total. The summed E-state index contributed by atoms with van der Waals surface area (Å²) in [6.45, 7) is 0.899. The number of benzene rings is 4. The van der Waals surface area contributed by atoms with Crippen LogP contribution in [0.4, 0.5) is 18.9 Å². The number of carbonyl (C=O) groups excluding carboxylic acids is 1. The van der Waals surface area contributed by atoms with Gasteiger partial charge in [0.2, 0.25) is 0 Å². The zero-order valence-electron chi connectivity index (χ0n) is 20.0. The number of sulfonamides is 1. The van der Waals surface area contributed by atoms with Gasteiger partial charge in [-0.05, 0) is 54.1 Å². The lowest BCUT2D eigenvalue weighted by atomic mass is 10.0. The Kier molecular flexibility index (Phi) is 7.40. The van der Waals surface area contributed by atoms with E-state index in [2.05, 4.69) is 10.5 Å². The smallest absolute Gasteiger partial charge is 0.416 e. The van der Waals surface area contributed by atoms with Crippen LogP contribution in [0.1, 0.15) is 16.7 Å². The third kappa shape index (κ3) is 5.78. The van der Waals surface area contributed by atoms with Crippen molar-refractivity contribution in [2.45, 2.75) is 18.0 Å². The maximum absolute atomic E-state index is 13.4. The van der Waals surface area contributed by atoms with Gasteiger partial charge in [0, 0.05) is 5.56 Å². The van der Waals surface area contributed by atoms with Gasteiger partial charge in [0.05, 0.1) is 22.4 Å². The van der Waals surface area contributed by atoms with Gasteiger partial charge < -0.3 is 5.11 Å². The first-order chi connectivity index (χ1) is 18.0. The second kappa shape index (κ2) is 10.5. The number of aromatic hydroxyl groups is 1. The van der Waals surface area contributed by atoms with Gasteiger partial charge in [0.25, 0.3) is 15.9 Å². The van der Waals surface area contributed by atoms with E-state index < -0.39 is 34.2 Å². The molecule has 4 aromatic carbocycles. The van der Waals surface area contributed by atoms with Gasteiger partial charge in [0.15, 0.2) is 0 Å². The molecule has 0 aliphatic heterocycles. The Morgan fingerprint density at radius 3 is 2.42 bits per heavy atom. The number of aryl methyl sites for hydroxylation is 1. The summed E-state index contributed by atoms with van der Waals surface area (Å²) in [6.07, 6.45) is -3.51. The fourth-order valence-electron chi connectivity index (χ4n) is 3.74. The largest absolute Gasteiger partial charge is 0.507 e. The maximum Gasteiger partial charge on any atom is 0.416 e. The quantitative estimate of drug-likeness (QED) is 0.248. The summed E-state index contributed by atoms with van der Waals surface area (Å²) in [5.41, 5.74) is 1.89. The molecule has 196 valence electrons. The summed E-state index contributed by atoms with van der Waals surface area (Å²) in [7, 11) is -4.43. The van der Waals surface area contributed by atoms with Crippen molar-refractivity contribution in [3.8, 4) is 5.75 Å². The molecule has 0 unspecified atom stereocenters. The van der Waals surface area contributed by atoms with Crippen molar-refractivity contribution in [2.75, 3.05) is 10.8 Å². The molecule has 0 spiro atoms. The van der Waals surface area contributed by atoms with E-state index in [1.165, 1.54) is 42.6 Å². The molecule has 0 atom stereocenters. The highest BCUT2D eigenvalue weighted by molar-refractivity contribution is 7.92. The van der Waals surface area contributed by atoms with Gasteiger partial charge in [-0.25, -0.2) is 13.8 Å². The van der Waals surface area contributed by atoms with Gasteiger partial charge in [-0.3, -0.25) is 9.10 Å². The zero-order valence-corrected chi connectivity index (χ0v) is 20.8. The van der Waals surface area contributed by atoms with Crippen LogP contribution in [0.25, 0.3) is 10.8 Å². The van der Waals surface area contributed by atoms with Crippen molar-refractivity contribution >= 4 is 38.6 Å². The average Bonchev–Trinajstić information content (AvgIpc) is 2.88. The predicted molar refractivity (Wildman–Crippen MR) is 139 cm³/mol. The number of phenols is 1. The van der Waals surface area contributed by atoms with E-state index in [0.717, 1.165) is 23.1 Å². The Bertz CT molecular complexity index is 1620. The van der Waals surface area contributed by atoms with E-state index in [4.69, 9.17) is 0 Å². The van der Waals surface area contributed by atoms with Crippen molar-refractivity contribution in [3.05, 3.63) is 102 Å². The summed E-state index contributed by atoms with van der Waals surface area (Å²) in [6, 6.07) is 19.7. The lowest BCUT2D eigenvalue weighted by Crippen LogP contribution is -2.39. The molecule has 1 amide bonds. The van der Waals surface area contributed by atoms with Gasteiger partial charge in [0.1, 0.15) is 12.3 Å². The maximum atomic E-state index is 13.4. The number of amides is 1. The number of alkyl halides is 3. The van der Waals surface area contributed by atoms with Gasteiger partial charge in [-0.15, -0.1) is 0 Å². The minimum Gasteiger partial charge on any atom is -0.507 e. The second-order valence-corrected chi connectivity index (χ2v) is 10.2. The number of nitrogens with zero attached hydrogens (tertiary/aromatic N) is 2. The number of nitrogens with one attached hydrogen (secondary N) is 1. The van der Waals surface area contributed by atoms with Crippen LogP contribution in [0.5, 0.6) is 5.75 Å². The van der Waals surface area contributed by atoms with Gasteiger partial charge in [-0.1, -0.05) is 54.1 Å². The molecule has 0 fully saturated rings. The molecule has 0 radical (unpaired) electrons. The molecule has 0 saturated heterocycles. The Morgan fingerprint density at radius 1 is 1.00 bits per heavy atom. The number of carbonyl (C=O) groups is 1. The normalized spacial score (nSPS) is 12.1. The Hall–Kier alpha value is -4.38. The summed E-state index contributed by atoms with van der Waals surface area (Å²) in [4.78, 5) is 12.6. The van der Waals surface area contributed by atoms with Crippen LogP contribution < -0.4 is 9.73 Å². The summed E-state index contributed by atoms with van der Waals surface area (Å²) < 4.78 is 67.5. The molecule has 0 bridgehead atoms. The lowest BCUT2D eigenvalue weighted by Gasteiger charge is -2.24. The molecule has 11 heteroatoms. The SMILES string of the molecule is Cc1ccc(S(=O)(=O)N(CC(=O)N/N=C\c2c(O)ccc3ccccc23)c2cccc(C(F)(F)F)c2)cc1. The lowest BCUT2D eigenvalue weighted by molar-refractivity contribution is -0.137. The number of rotatable bonds is 7. The molecule has 0 heterocycles. The number of hydrogen-bond donors (Lipinski definition) is 2. The third-order valence-electron chi connectivity index (χ3n) is 5.69. The van der Waals surface area contributed by atoms with E-state index in [9.17, 15) is 31.5 Å². The monoisotopic (exact) mass is 541 g/mol. The Morgan fingerprint density at radius 2 is 1.71 bits per heavy atom. The molecule has 0 aromatic heterocycles. The summed E-state index contributed by atoms with van der Waals surface area (Å²) in [5.74, 6) is -0.997. The predicted octanol–water partition coefficient (Wildman–Crippen LogP) is 5.22. The first-order valence-corrected chi connectivity index (χ1v) is 12.7. The van der Waals surface area contributed by atoms with E-state index >= 15 is 0 Å².